The van der Waals surface area contributed by atoms with E-state index in [0.717, 1.165) is 48.7 Å². The van der Waals surface area contributed by atoms with Crippen molar-refractivity contribution in [2.45, 2.75) is 32.4 Å². The molecule has 2 aliphatic heterocycles. The lowest BCUT2D eigenvalue weighted by atomic mass is 9.97. The lowest BCUT2D eigenvalue weighted by molar-refractivity contribution is -0.155. The highest BCUT2D eigenvalue weighted by molar-refractivity contribution is 7.15. The third kappa shape index (κ3) is 4.17. The second-order valence-electron chi connectivity index (χ2n) is 6.91. The summed E-state index contributed by atoms with van der Waals surface area (Å²) in [6.07, 6.45) is 3.13. The molecule has 0 spiro atoms. The molecule has 144 valence electrons. The van der Waals surface area contributed by atoms with Gasteiger partial charge in [-0.3, -0.25) is 9.69 Å². The maximum absolute atomic E-state index is 12.6. The zero-order valence-electron chi connectivity index (χ0n) is 15.2. The van der Waals surface area contributed by atoms with E-state index >= 15 is 0 Å². The Morgan fingerprint density at radius 2 is 2.15 bits per heavy atom. The molecule has 1 saturated heterocycles. The Kier molecular flexibility index (Phi) is 5.18. The number of nitrogens with two attached hydrogens (primary N) is 1. The summed E-state index contributed by atoms with van der Waals surface area (Å²) in [7, 11) is 0. The highest BCUT2D eigenvalue weighted by Gasteiger charge is 2.28. The van der Waals surface area contributed by atoms with E-state index in [-0.39, 0.29) is 24.8 Å². The first kappa shape index (κ1) is 18.1. The lowest BCUT2D eigenvalue weighted by Gasteiger charge is -2.31. The molecule has 0 saturated carbocycles. The van der Waals surface area contributed by atoms with E-state index < -0.39 is 0 Å². The number of anilines is 1. The van der Waals surface area contributed by atoms with Crippen LogP contribution in [0, 0.1) is 5.92 Å². The monoisotopic (exact) mass is 389 g/mol. The molecule has 4 rings (SSSR count). The Labute approximate surface area is 162 Å². The van der Waals surface area contributed by atoms with Crippen molar-refractivity contribution >= 4 is 22.4 Å². The SMILES string of the molecule is CC(OC(=O)C1CCN(Cc2cnc(N)s2)CC1)c1ccc2c(c1)OCO2. The predicted octanol–water partition coefficient (Wildman–Crippen LogP) is 2.97. The maximum Gasteiger partial charge on any atom is 0.309 e. The molecule has 0 radical (unpaired) electrons. The first-order valence-electron chi connectivity index (χ1n) is 9.11. The van der Waals surface area contributed by atoms with Crippen LogP contribution in [0.4, 0.5) is 5.13 Å². The van der Waals surface area contributed by atoms with Crippen LogP contribution in [-0.4, -0.2) is 35.7 Å². The molecule has 1 aromatic heterocycles. The van der Waals surface area contributed by atoms with Crippen LogP contribution in [-0.2, 0) is 16.1 Å². The van der Waals surface area contributed by atoms with Gasteiger partial charge in [0.25, 0.3) is 0 Å². The van der Waals surface area contributed by atoms with Crippen molar-refractivity contribution in [2.24, 2.45) is 5.92 Å². The highest BCUT2D eigenvalue weighted by atomic mass is 32.1. The molecule has 0 amide bonds. The van der Waals surface area contributed by atoms with Crippen LogP contribution in [0.15, 0.2) is 24.4 Å². The maximum atomic E-state index is 12.6. The summed E-state index contributed by atoms with van der Waals surface area (Å²) in [5, 5.41) is 0.598. The van der Waals surface area contributed by atoms with E-state index in [9.17, 15) is 4.79 Å². The molecule has 7 nitrogen and oxygen atoms in total. The predicted molar refractivity (Wildman–Crippen MR) is 102 cm³/mol. The smallest absolute Gasteiger partial charge is 0.309 e. The zero-order chi connectivity index (χ0) is 18.8. The van der Waals surface area contributed by atoms with Crippen LogP contribution in [0.25, 0.3) is 0 Å². The molecule has 0 bridgehead atoms. The summed E-state index contributed by atoms with van der Waals surface area (Å²) in [4.78, 5) is 20.1. The molecule has 27 heavy (non-hydrogen) atoms. The molecular weight excluding hydrogens is 366 g/mol. The number of carbonyl (C=O) groups is 1. The van der Waals surface area contributed by atoms with Gasteiger partial charge in [-0.2, -0.15) is 0 Å². The van der Waals surface area contributed by atoms with Crippen molar-refractivity contribution in [3.63, 3.8) is 0 Å². The molecule has 1 unspecified atom stereocenters. The molecule has 1 fully saturated rings. The second kappa shape index (κ2) is 7.74. The van der Waals surface area contributed by atoms with E-state index in [0.29, 0.717) is 10.9 Å². The summed E-state index contributed by atoms with van der Waals surface area (Å²) >= 11 is 1.52. The number of nitrogen functional groups attached to an aromatic ring is 1. The largest absolute Gasteiger partial charge is 0.458 e. The fraction of sp³-hybridized carbons (Fsp3) is 0.474. The molecule has 2 N–H and O–H groups in total. The normalized spacial score (nSPS) is 18.4. The fourth-order valence-corrected chi connectivity index (χ4v) is 4.17. The first-order chi connectivity index (χ1) is 13.1. The molecule has 8 heteroatoms. The van der Waals surface area contributed by atoms with Crippen LogP contribution >= 0.6 is 11.3 Å². The fourth-order valence-electron chi connectivity index (χ4n) is 3.45. The Balaban J connectivity index is 1.27. The van der Waals surface area contributed by atoms with Crippen molar-refractivity contribution in [3.05, 3.63) is 34.8 Å². The number of fused-ring (bicyclic) bond motifs is 1. The number of likely N-dealkylation sites (tertiary alicyclic amines) is 1. The minimum absolute atomic E-state index is 0.0516. The van der Waals surface area contributed by atoms with Crippen LogP contribution in [0.3, 0.4) is 0 Å². The Morgan fingerprint density at radius 3 is 2.89 bits per heavy atom. The summed E-state index contributed by atoms with van der Waals surface area (Å²) in [6.45, 7) is 4.70. The average Bonchev–Trinajstić information content (AvgIpc) is 3.30. The number of piperidine rings is 1. The van der Waals surface area contributed by atoms with E-state index in [1.54, 1.807) is 0 Å². The van der Waals surface area contributed by atoms with Crippen molar-refractivity contribution in [3.8, 4) is 11.5 Å². The summed E-state index contributed by atoms with van der Waals surface area (Å²) in [5.74, 6) is 1.26. The van der Waals surface area contributed by atoms with Crippen molar-refractivity contribution in [2.75, 3.05) is 25.6 Å². The van der Waals surface area contributed by atoms with Crippen LogP contribution in [0.1, 0.15) is 36.3 Å². The molecule has 2 aromatic rings. The summed E-state index contributed by atoms with van der Waals surface area (Å²) in [6, 6.07) is 5.64. The Morgan fingerprint density at radius 1 is 1.37 bits per heavy atom. The number of thiazole rings is 1. The van der Waals surface area contributed by atoms with Crippen LogP contribution in [0.2, 0.25) is 0 Å². The van der Waals surface area contributed by atoms with Gasteiger partial charge in [-0.05, 0) is 50.6 Å². The number of nitrogens with zero attached hydrogens (tertiary/aromatic N) is 2. The second-order valence-corrected chi connectivity index (χ2v) is 8.05. The standard InChI is InChI=1S/C19H23N3O4S/c1-12(14-2-3-16-17(8-14)25-11-24-16)26-18(23)13-4-6-22(7-5-13)10-15-9-21-19(20)27-15/h2-3,8-9,12-13H,4-7,10-11H2,1H3,(H2,20,21). The van der Waals surface area contributed by atoms with Gasteiger partial charge in [0, 0.05) is 17.6 Å². The highest BCUT2D eigenvalue weighted by Crippen LogP contribution is 2.35. The number of esters is 1. The quantitative estimate of drug-likeness (QED) is 0.787. The van der Waals surface area contributed by atoms with Gasteiger partial charge >= 0.3 is 5.97 Å². The van der Waals surface area contributed by atoms with Gasteiger partial charge < -0.3 is 19.9 Å². The van der Waals surface area contributed by atoms with E-state index in [4.69, 9.17) is 19.9 Å². The summed E-state index contributed by atoms with van der Waals surface area (Å²) < 4.78 is 16.4. The van der Waals surface area contributed by atoms with Gasteiger partial charge in [-0.1, -0.05) is 6.07 Å². The molecule has 3 heterocycles. The van der Waals surface area contributed by atoms with Gasteiger partial charge in [-0.15, -0.1) is 11.3 Å². The minimum Gasteiger partial charge on any atom is -0.458 e. The van der Waals surface area contributed by atoms with Crippen molar-refractivity contribution in [1.82, 2.24) is 9.88 Å². The molecular formula is C19H23N3O4S. The molecule has 0 aliphatic carbocycles. The Bertz CT molecular complexity index is 817. The summed E-state index contributed by atoms with van der Waals surface area (Å²) in [5.41, 5.74) is 6.59. The van der Waals surface area contributed by atoms with E-state index in [2.05, 4.69) is 9.88 Å². The van der Waals surface area contributed by atoms with Crippen LogP contribution < -0.4 is 15.2 Å². The number of rotatable bonds is 5. The molecule has 1 atom stereocenters. The van der Waals surface area contributed by atoms with Crippen LogP contribution in [0.5, 0.6) is 11.5 Å². The van der Waals surface area contributed by atoms with E-state index in [1.807, 2.05) is 31.3 Å². The van der Waals surface area contributed by atoms with Crippen molar-refractivity contribution in [1.29, 1.82) is 0 Å². The van der Waals surface area contributed by atoms with Gasteiger partial charge in [0.05, 0.1) is 5.92 Å². The number of hydrogen-bond acceptors (Lipinski definition) is 8. The third-order valence-corrected chi connectivity index (χ3v) is 5.84. The number of carbonyl (C=O) groups excluding carboxylic acids is 1. The number of hydrogen-bond donors (Lipinski definition) is 1. The first-order valence-corrected chi connectivity index (χ1v) is 9.92. The average molecular weight is 389 g/mol. The van der Waals surface area contributed by atoms with Gasteiger partial charge in [0.2, 0.25) is 6.79 Å². The minimum atomic E-state index is -0.315. The molecule has 2 aliphatic rings. The Hall–Kier alpha value is -2.32. The van der Waals surface area contributed by atoms with Gasteiger partial charge in [0.1, 0.15) is 6.10 Å². The van der Waals surface area contributed by atoms with Gasteiger partial charge in [0.15, 0.2) is 16.6 Å². The number of ether oxygens (including phenoxy) is 3. The van der Waals surface area contributed by atoms with Crippen molar-refractivity contribution < 1.29 is 19.0 Å². The third-order valence-electron chi connectivity index (χ3n) is 5.03. The number of aromatic nitrogens is 1. The topological polar surface area (TPSA) is 86.9 Å². The lowest BCUT2D eigenvalue weighted by Crippen LogP contribution is -2.36. The van der Waals surface area contributed by atoms with E-state index in [1.165, 1.54) is 11.3 Å². The zero-order valence-corrected chi connectivity index (χ0v) is 16.0. The van der Waals surface area contributed by atoms with Gasteiger partial charge in [-0.25, -0.2) is 4.98 Å². The number of benzene rings is 1. The molecule has 1 aromatic carbocycles.